The summed E-state index contributed by atoms with van der Waals surface area (Å²) in [6.45, 7) is 2.23. The molecule has 0 aliphatic rings. The minimum atomic E-state index is -3.77. The van der Waals surface area contributed by atoms with Crippen LogP contribution in [0.3, 0.4) is 0 Å². The van der Waals surface area contributed by atoms with Crippen LogP contribution < -0.4 is 9.46 Å². The Morgan fingerprint density at radius 3 is 2.46 bits per heavy atom. The average molecular weight is 347 g/mol. The van der Waals surface area contributed by atoms with E-state index in [4.69, 9.17) is 9.84 Å². The van der Waals surface area contributed by atoms with Gasteiger partial charge < -0.3 is 9.84 Å². The summed E-state index contributed by atoms with van der Waals surface area (Å²) in [5, 5.41) is 8.59. The molecule has 0 saturated heterocycles. The van der Waals surface area contributed by atoms with E-state index in [1.54, 1.807) is 24.3 Å². The van der Waals surface area contributed by atoms with Gasteiger partial charge in [0.1, 0.15) is 5.75 Å². The van der Waals surface area contributed by atoms with Crippen LogP contribution in [0.4, 0.5) is 5.69 Å². The second-order valence-electron chi connectivity index (χ2n) is 4.78. The smallest absolute Gasteiger partial charge is 0.328 e. The zero-order valence-corrected chi connectivity index (χ0v) is 13.8. The Labute approximate surface area is 140 Å². The number of hydrogen-bond donors (Lipinski definition) is 2. The number of anilines is 1. The summed E-state index contributed by atoms with van der Waals surface area (Å²) in [6.07, 6.45) is 2.37. The summed E-state index contributed by atoms with van der Waals surface area (Å²) >= 11 is 0. The topological polar surface area (TPSA) is 92.7 Å². The summed E-state index contributed by atoms with van der Waals surface area (Å²) in [5.74, 6) is -0.620. The Kier molecular flexibility index (Phi) is 5.59. The Balaban J connectivity index is 2.23. The van der Waals surface area contributed by atoms with E-state index in [0.717, 1.165) is 6.08 Å². The molecule has 0 unspecified atom stereocenters. The standard InChI is InChI=1S/C17H17NO5S/c1-2-23-16-6-4-3-5-15(16)18-24(21,22)14-10-7-13(8-11-14)9-12-17(19)20/h3-12,18H,2H2,1H3,(H,19,20). The van der Waals surface area contributed by atoms with Crippen molar-refractivity contribution in [2.24, 2.45) is 0 Å². The predicted octanol–water partition coefficient (Wildman–Crippen LogP) is 2.98. The van der Waals surface area contributed by atoms with Gasteiger partial charge in [-0.25, -0.2) is 13.2 Å². The largest absolute Gasteiger partial charge is 0.492 e. The van der Waals surface area contributed by atoms with Crippen molar-refractivity contribution in [2.45, 2.75) is 11.8 Å². The molecule has 0 radical (unpaired) electrons. The van der Waals surface area contributed by atoms with Crippen molar-refractivity contribution in [1.82, 2.24) is 0 Å². The molecule has 0 atom stereocenters. The van der Waals surface area contributed by atoms with Gasteiger partial charge in [-0.05, 0) is 42.8 Å². The second-order valence-corrected chi connectivity index (χ2v) is 6.46. The number of ether oxygens (including phenoxy) is 1. The third-order valence-corrected chi connectivity index (χ3v) is 4.42. The van der Waals surface area contributed by atoms with Crippen LogP contribution in [-0.2, 0) is 14.8 Å². The molecule has 2 aromatic rings. The number of rotatable bonds is 7. The number of carboxylic acid groups (broad SMARTS) is 1. The maximum absolute atomic E-state index is 12.5. The first-order chi connectivity index (χ1) is 11.4. The van der Waals surface area contributed by atoms with Crippen LogP contribution in [0, 0.1) is 0 Å². The molecule has 126 valence electrons. The van der Waals surface area contributed by atoms with Gasteiger partial charge in [-0.3, -0.25) is 4.72 Å². The molecule has 7 heteroatoms. The highest BCUT2D eigenvalue weighted by atomic mass is 32.2. The number of carbonyl (C=O) groups is 1. The van der Waals surface area contributed by atoms with Gasteiger partial charge in [0.2, 0.25) is 0 Å². The van der Waals surface area contributed by atoms with Gasteiger partial charge in [-0.1, -0.05) is 24.3 Å². The van der Waals surface area contributed by atoms with Crippen LogP contribution >= 0.6 is 0 Å². The number of carboxylic acids is 1. The van der Waals surface area contributed by atoms with E-state index in [0.29, 0.717) is 23.6 Å². The lowest BCUT2D eigenvalue weighted by atomic mass is 10.2. The van der Waals surface area contributed by atoms with E-state index in [1.807, 2.05) is 6.92 Å². The maximum Gasteiger partial charge on any atom is 0.328 e. The van der Waals surface area contributed by atoms with E-state index in [-0.39, 0.29) is 4.90 Å². The summed E-state index contributed by atoms with van der Waals surface area (Å²) in [6, 6.07) is 12.6. The van der Waals surface area contributed by atoms with E-state index >= 15 is 0 Å². The fraction of sp³-hybridized carbons (Fsp3) is 0.118. The van der Waals surface area contributed by atoms with Crippen molar-refractivity contribution in [1.29, 1.82) is 0 Å². The third-order valence-electron chi connectivity index (χ3n) is 3.04. The molecule has 0 aliphatic heterocycles. The normalized spacial score (nSPS) is 11.4. The minimum absolute atomic E-state index is 0.0706. The lowest BCUT2D eigenvalue weighted by molar-refractivity contribution is -0.131. The lowest BCUT2D eigenvalue weighted by Gasteiger charge is -2.12. The molecule has 0 heterocycles. The average Bonchev–Trinajstić information content (AvgIpc) is 2.55. The van der Waals surface area contributed by atoms with Crippen LogP contribution in [0.5, 0.6) is 5.75 Å². The molecule has 2 rings (SSSR count). The van der Waals surface area contributed by atoms with Crippen LogP contribution in [0.25, 0.3) is 6.08 Å². The Hall–Kier alpha value is -2.80. The molecule has 2 N–H and O–H groups in total. The number of sulfonamides is 1. The summed E-state index contributed by atoms with van der Waals surface area (Å²) in [7, 11) is -3.77. The van der Waals surface area contributed by atoms with E-state index in [1.165, 1.54) is 30.3 Å². The van der Waals surface area contributed by atoms with E-state index in [2.05, 4.69) is 4.72 Å². The predicted molar refractivity (Wildman–Crippen MR) is 91.5 cm³/mol. The van der Waals surface area contributed by atoms with Crippen molar-refractivity contribution in [3.05, 3.63) is 60.2 Å². The molecule has 6 nitrogen and oxygen atoms in total. The quantitative estimate of drug-likeness (QED) is 0.751. The van der Waals surface area contributed by atoms with Gasteiger partial charge in [0, 0.05) is 6.08 Å². The molecule has 0 spiro atoms. The van der Waals surface area contributed by atoms with Crippen molar-refractivity contribution in [3.8, 4) is 5.75 Å². The van der Waals surface area contributed by atoms with Crippen LogP contribution in [-0.4, -0.2) is 26.1 Å². The molecule has 0 fully saturated rings. The van der Waals surface area contributed by atoms with Crippen molar-refractivity contribution in [2.75, 3.05) is 11.3 Å². The molecule has 2 aromatic carbocycles. The van der Waals surface area contributed by atoms with Gasteiger partial charge >= 0.3 is 5.97 Å². The highest BCUT2D eigenvalue weighted by molar-refractivity contribution is 7.92. The van der Waals surface area contributed by atoms with Gasteiger partial charge in [-0.2, -0.15) is 0 Å². The monoisotopic (exact) mass is 347 g/mol. The summed E-state index contributed by atoms with van der Waals surface area (Å²) in [5.41, 5.74) is 0.945. The van der Waals surface area contributed by atoms with Crippen LogP contribution in [0.15, 0.2) is 59.5 Å². The zero-order valence-electron chi connectivity index (χ0n) is 13.0. The van der Waals surface area contributed by atoms with Gasteiger partial charge in [0.05, 0.1) is 17.2 Å². The highest BCUT2D eigenvalue weighted by Crippen LogP contribution is 2.26. The number of benzene rings is 2. The fourth-order valence-corrected chi connectivity index (χ4v) is 3.03. The molecule has 0 amide bonds. The number of para-hydroxylation sites is 2. The lowest BCUT2D eigenvalue weighted by Crippen LogP contribution is -2.13. The number of aliphatic carboxylic acids is 1. The molecular weight excluding hydrogens is 330 g/mol. The molecule has 0 bridgehead atoms. The first-order valence-electron chi connectivity index (χ1n) is 7.18. The second kappa shape index (κ2) is 7.65. The Morgan fingerprint density at radius 2 is 1.83 bits per heavy atom. The van der Waals surface area contributed by atoms with E-state index < -0.39 is 16.0 Å². The van der Waals surface area contributed by atoms with Crippen molar-refractivity contribution >= 4 is 27.8 Å². The Morgan fingerprint density at radius 1 is 1.17 bits per heavy atom. The van der Waals surface area contributed by atoms with Gasteiger partial charge in [0.15, 0.2) is 0 Å². The van der Waals surface area contributed by atoms with Crippen LogP contribution in [0.1, 0.15) is 12.5 Å². The number of hydrogen-bond acceptors (Lipinski definition) is 4. The van der Waals surface area contributed by atoms with Crippen LogP contribution in [0.2, 0.25) is 0 Å². The minimum Gasteiger partial charge on any atom is -0.492 e. The van der Waals surface area contributed by atoms with Crippen molar-refractivity contribution in [3.63, 3.8) is 0 Å². The molecule has 0 saturated carbocycles. The molecule has 24 heavy (non-hydrogen) atoms. The molecular formula is C17H17NO5S. The SMILES string of the molecule is CCOc1ccccc1NS(=O)(=O)c1ccc(C=CC(=O)O)cc1. The Bertz CT molecular complexity index is 842. The number of nitrogens with one attached hydrogen (secondary N) is 1. The van der Waals surface area contributed by atoms with E-state index in [9.17, 15) is 13.2 Å². The first kappa shape index (κ1) is 17.6. The molecule has 0 aliphatic carbocycles. The first-order valence-corrected chi connectivity index (χ1v) is 8.66. The summed E-state index contributed by atoms with van der Waals surface area (Å²) < 4.78 is 32.8. The third kappa shape index (κ3) is 4.60. The molecule has 0 aromatic heterocycles. The fourth-order valence-electron chi connectivity index (χ4n) is 1.96. The van der Waals surface area contributed by atoms with Gasteiger partial charge in [0.25, 0.3) is 10.0 Å². The van der Waals surface area contributed by atoms with Crippen molar-refractivity contribution < 1.29 is 23.1 Å². The maximum atomic E-state index is 12.5. The zero-order chi connectivity index (χ0) is 17.6. The summed E-state index contributed by atoms with van der Waals surface area (Å²) in [4.78, 5) is 10.6. The highest BCUT2D eigenvalue weighted by Gasteiger charge is 2.16. The van der Waals surface area contributed by atoms with Gasteiger partial charge in [-0.15, -0.1) is 0 Å².